The number of carbonyl (C=O) groups excluding carboxylic acids is 2. The van der Waals surface area contributed by atoms with Gasteiger partial charge >= 0.3 is 0 Å². The summed E-state index contributed by atoms with van der Waals surface area (Å²) in [7, 11) is 0. The lowest BCUT2D eigenvalue weighted by Crippen LogP contribution is -2.42. The van der Waals surface area contributed by atoms with Gasteiger partial charge in [0, 0.05) is 51.3 Å². The minimum absolute atomic E-state index is 0.0616. The van der Waals surface area contributed by atoms with Crippen molar-refractivity contribution in [3.63, 3.8) is 0 Å². The molecule has 2 amide bonds. The van der Waals surface area contributed by atoms with Crippen LogP contribution in [0.4, 0.5) is 0 Å². The van der Waals surface area contributed by atoms with Crippen LogP contribution in [0.15, 0.2) is 23.0 Å². The molecule has 2 aliphatic heterocycles. The van der Waals surface area contributed by atoms with E-state index in [4.69, 9.17) is 9.15 Å². The van der Waals surface area contributed by atoms with E-state index in [0.29, 0.717) is 26.1 Å². The highest BCUT2D eigenvalue weighted by atomic mass is 16.5. The Labute approximate surface area is 135 Å². The molecule has 2 aliphatic rings. The fraction of sp³-hybridized carbons (Fsp3) is 0.625. The van der Waals surface area contributed by atoms with Crippen LogP contribution in [0.3, 0.4) is 0 Å². The van der Waals surface area contributed by atoms with Crippen molar-refractivity contribution in [2.24, 2.45) is 5.92 Å². The van der Waals surface area contributed by atoms with Crippen molar-refractivity contribution in [2.45, 2.75) is 13.0 Å². The number of nitrogens with zero attached hydrogens (tertiary/aromatic N) is 2. The van der Waals surface area contributed by atoms with Crippen molar-refractivity contribution >= 4 is 11.8 Å². The van der Waals surface area contributed by atoms with Crippen LogP contribution in [-0.2, 0) is 20.9 Å². The van der Waals surface area contributed by atoms with Gasteiger partial charge in [0.2, 0.25) is 11.8 Å². The van der Waals surface area contributed by atoms with Crippen LogP contribution in [0.5, 0.6) is 0 Å². The van der Waals surface area contributed by atoms with Gasteiger partial charge in [-0.25, -0.2) is 0 Å². The number of ether oxygens (including phenoxy) is 1. The van der Waals surface area contributed by atoms with Crippen LogP contribution in [-0.4, -0.2) is 67.6 Å². The molecule has 3 rings (SSSR count). The molecule has 2 saturated heterocycles. The van der Waals surface area contributed by atoms with E-state index in [-0.39, 0.29) is 17.7 Å². The Kier molecular flexibility index (Phi) is 5.30. The summed E-state index contributed by atoms with van der Waals surface area (Å²) in [6.45, 7) is 5.82. The van der Waals surface area contributed by atoms with E-state index in [2.05, 4.69) is 10.2 Å². The maximum Gasteiger partial charge on any atom is 0.225 e. The fourth-order valence-electron chi connectivity index (χ4n) is 2.98. The van der Waals surface area contributed by atoms with Crippen LogP contribution in [0, 0.1) is 5.92 Å². The molecular formula is C16H23N3O4. The van der Waals surface area contributed by atoms with Gasteiger partial charge in [-0.1, -0.05) is 0 Å². The Balaban J connectivity index is 1.42. The highest BCUT2D eigenvalue weighted by Gasteiger charge is 2.34. The average Bonchev–Trinajstić information content (AvgIpc) is 3.21. The summed E-state index contributed by atoms with van der Waals surface area (Å²) in [6, 6.07) is 1.81. The largest absolute Gasteiger partial charge is 0.472 e. The Morgan fingerprint density at radius 1 is 1.30 bits per heavy atom. The summed E-state index contributed by atoms with van der Waals surface area (Å²) in [5, 5.41) is 2.87. The first kappa shape index (κ1) is 16.0. The Morgan fingerprint density at radius 3 is 2.87 bits per heavy atom. The highest BCUT2D eigenvalue weighted by molar-refractivity contribution is 5.89. The van der Waals surface area contributed by atoms with Gasteiger partial charge in [-0.15, -0.1) is 0 Å². The number of hydrogen-bond acceptors (Lipinski definition) is 5. The van der Waals surface area contributed by atoms with E-state index in [1.54, 1.807) is 17.4 Å². The van der Waals surface area contributed by atoms with Gasteiger partial charge in [0.25, 0.3) is 0 Å². The molecule has 126 valence electrons. The van der Waals surface area contributed by atoms with Gasteiger partial charge in [-0.2, -0.15) is 0 Å². The summed E-state index contributed by atoms with van der Waals surface area (Å²) in [4.78, 5) is 28.4. The first-order valence-corrected chi connectivity index (χ1v) is 8.09. The zero-order valence-corrected chi connectivity index (χ0v) is 13.2. The van der Waals surface area contributed by atoms with Gasteiger partial charge in [0.1, 0.15) is 0 Å². The van der Waals surface area contributed by atoms with Crippen molar-refractivity contribution in [1.29, 1.82) is 0 Å². The zero-order valence-electron chi connectivity index (χ0n) is 13.2. The van der Waals surface area contributed by atoms with Crippen molar-refractivity contribution in [2.75, 3.05) is 45.9 Å². The molecule has 1 N–H and O–H groups in total. The van der Waals surface area contributed by atoms with Crippen LogP contribution >= 0.6 is 0 Å². The molecule has 3 heterocycles. The van der Waals surface area contributed by atoms with Crippen molar-refractivity contribution < 1.29 is 18.7 Å². The number of likely N-dealkylation sites (tertiary alicyclic amines) is 1. The topological polar surface area (TPSA) is 75.0 Å². The molecule has 0 spiro atoms. The molecule has 1 aromatic heterocycles. The summed E-state index contributed by atoms with van der Waals surface area (Å²) < 4.78 is 10.3. The van der Waals surface area contributed by atoms with Gasteiger partial charge in [-0.3, -0.25) is 14.5 Å². The number of hydrogen-bond donors (Lipinski definition) is 1. The van der Waals surface area contributed by atoms with Gasteiger partial charge in [0.05, 0.1) is 31.7 Å². The van der Waals surface area contributed by atoms with Crippen molar-refractivity contribution in [3.05, 3.63) is 24.2 Å². The third-order valence-electron chi connectivity index (χ3n) is 4.42. The van der Waals surface area contributed by atoms with Gasteiger partial charge in [0.15, 0.2) is 0 Å². The molecule has 1 aromatic rings. The summed E-state index contributed by atoms with van der Waals surface area (Å²) in [5.74, 6) is -0.241. The molecule has 1 unspecified atom stereocenters. The normalized spacial score (nSPS) is 22.5. The lowest BCUT2D eigenvalue weighted by molar-refractivity contribution is -0.129. The minimum atomic E-state index is -0.251. The number of morpholine rings is 1. The van der Waals surface area contributed by atoms with Crippen LogP contribution in [0.25, 0.3) is 0 Å². The molecule has 0 saturated carbocycles. The van der Waals surface area contributed by atoms with Crippen molar-refractivity contribution in [3.8, 4) is 0 Å². The fourth-order valence-corrected chi connectivity index (χ4v) is 2.98. The van der Waals surface area contributed by atoms with E-state index in [1.807, 2.05) is 6.07 Å². The SMILES string of the molecule is O=C(NCc1ccoc1)C1CC(=O)N(CCN2CCOCC2)C1. The molecule has 0 aromatic carbocycles. The molecule has 0 bridgehead atoms. The molecule has 7 heteroatoms. The lowest BCUT2D eigenvalue weighted by Gasteiger charge is -2.28. The predicted octanol–water partition coefficient (Wildman–Crippen LogP) is 0.0765. The molecule has 2 fully saturated rings. The highest BCUT2D eigenvalue weighted by Crippen LogP contribution is 2.18. The van der Waals surface area contributed by atoms with Gasteiger partial charge < -0.3 is 19.4 Å². The molecule has 1 atom stereocenters. The molecular weight excluding hydrogens is 298 g/mol. The Bertz CT molecular complexity index is 525. The third kappa shape index (κ3) is 4.33. The summed E-state index contributed by atoms with van der Waals surface area (Å²) in [6.07, 6.45) is 3.49. The number of nitrogens with one attached hydrogen (secondary N) is 1. The second kappa shape index (κ2) is 7.61. The number of furan rings is 1. The average molecular weight is 321 g/mol. The van der Waals surface area contributed by atoms with Gasteiger partial charge in [-0.05, 0) is 6.07 Å². The predicted molar refractivity (Wildman–Crippen MR) is 82.5 cm³/mol. The molecule has 0 radical (unpaired) electrons. The maximum atomic E-state index is 12.2. The lowest BCUT2D eigenvalue weighted by atomic mass is 10.1. The maximum absolute atomic E-state index is 12.2. The number of rotatable bonds is 6. The van der Waals surface area contributed by atoms with E-state index in [0.717, 1.165) is 38.4 Å². The second-order valence-electron chi connectivity index (χ2n) is 6.04. The zero-order chi connectivity index (χ0) is 16.1. The van der Waals surface area contributed by atoms with E-state index < -0.39 is 0 Å². The molecule has 7 nitrogen and oxygen atoms in total. The Hall–Kier alpha value is -1.86. The monoisotopic (exact) mass is 321 g/mol. The van der Waals surface area contributed by atoms with E-state index in [1.165, 1.54) is 0 Å². The molecule has 0 aliphatic carbocycles. The third-order valence-corrected chi connectivity index (χ3v) is 4.42. The van der Waals surface area contributed by atoms with E-state index in [9.17, 15) is 9.59 Å². The summed E-state index contributed by atoms with van der Waals surface area (Å²) in [5.41, 5.74) is 0.923. The molecule has 23 heavy (non-hydrogen) atoms. The first-order valence-electron chi connectivity index (χ1n) is 8.09. The first-order chi connectivity index (χ1) is 11.2. The smallest absolute Gasteiger partial charge is 0.225 e. The van der Waals surface area contributed by atoms with Crippen LogP contribution in [0.1, 0.15) is 12.0 Å². The number of carbonyl (C=O) groups is 2. The Morgan fingerprint density at radius 2 is 2.13 bits per heavy atom. The number of amides is 2. The van der Waals surface area contributed by atoms with Crippen molar-refractivity contribution in [1.82, 2.24) is 15.1 Å². The van der Waals surface area contributed by atoms with Crippen LogP contribution in [0.2, 0.25) is 0 Å². The standard InChI is InChI=1S/C16H23N3O4/c20-15-9-14(16(21)17-10-13-1-6-23-12-13)11-19(15)3-2-18-4-7-22-8-5-18/h1,6,12,14H,2-5,7-11H2,(H,17,21). The van der Waals surface area contributed by atoms with Crippen LogP contribution < -0.4 is 5.32 Å². The minimum Gasteiger partial charge on any atom is -0.472 e. The quantitative estimate of drug-likeness (QED) is 0.803. The second-order valence-corrected chi connectivity index (χ2v) is 6.04. The summed E-state index contributed by atoms with van der Waals surface area (Å²) >= 11 is 0. The van der Waals surface area contributed by atoms with E-state index >= 15 is 0 Å².